The monoisotopic (exact) mass is 327 g/mol. The maximum atomic E-state index is 12.3. The van der Waals surface area contributed by atoms with Crippen molar-refractivity contribution in [3.05, 3.63) is 35.4 Å². The molecule has 1 aliphatic rings. The zero-order valence-electron chi connectivity index (χ0n) is 11.7. The zero-order valence-corrected chi connectivity index (χ0v) is 13.3. The highest BCUT2D eigenvalue weighted by Crippen LogP contribution is 2.14. The molecule has 1 aliphatic heterocycles. The molecular formula is C13H17N3O3S2. The summed E-state index contributed by atoms with van der Waals surface area (Å²) in [4.78, 5) is 13.4. The molecule has 1 amide bonds. The molecule has 0 saturated carbocycles. The van der Waals surface area contributed by atoms with E-state index in [0.717, 1.165) is 0 Å². The quantitative estimate of drug-likeness (QED) is 0.782. The number of nitrogens with two attached hydrogens (primary N) is 1. The zero-order chi connectivity index (χ0) is 15.6. The summed E-state index contributed by atoms with van der Waals surface area (Å²) >= 11 is 4.85. The number of benzene rings is 1. The van der Waals surface area contributed by atoms with Crippen LogP contribution in [0, 0.1) is 0 Å². The second kappa shape index (κ2) is 6.08. The Morgan fingerprint density at radius 2 is 1.90 bits per heavy atom. The van der Waals surface area contributed by atoms with Crippen LogP contribution in [-0.2, 0) is 20.6 Å². The molecule has 0 radical (unpaired) electrons. The summed E-state index contributed by atoms with van der Waals surface area (Å²) in [6.07, 6.45) is 0. The summed E-state index contributed by atoms with van der Waals surface area (Å²) in [5.74, 6) is -0.324. The summed E-state index contributed by atoms with van der Waals surface area (Å²) in [5.41, 5.74) is 6.83. The van der Waals surface area contributed by atoms with E-state index in [1.54, 1.807) is 31.3 Å². The minimum absolute atomic E-state index is 0.0934. The predicted octanol–water partition coefficient (Wildman–Crippen LogP) is -0.0754. The van der Waals surface area contributed by atoms with Crippen molar-refractivity contribution in [1.82, 2.24) is 9.21 Å². The second-order valence-corrected chi connectivity index (χ2v) is 7.37. The SMILES string of the molecule is CN1CCN(S(=O)(=O)Cc2ccc(C(N)=S)cc2)CC1=O. The molecule has 1 heterocycles. The summed E-state index contributed by atoms with van der Waals surface area (Å²) < 4.78 is 25.9. The molecule has 1 saturated heterocycles. The molecule has 0 spiro atoms. The molecule has 6 nitrogen and oxygen atoms in total. The van der Waals surface area contributed by atoms with Crippen LogP contribution >= 0.6 is 12.2 Å². The maximum absolute atomic E-state index is 12.3. The molecule has 1 aromatic carbocycles. The molecule has 114 valence electrons. The number of piperazine rings is 1. The smallest absolute Gasteiger partial charge is 0.237 e. The first-order chi connectivity index (χ1) is 9.79. The van der Waals surface area contributed by atoms with Crippen LogP contribution in [0.5, 0.6) is 0 Å². The third-order valence-electron chi connectivity index (χ3n) is 3.40. The van der Waals surface area contributed by atoms with E-state index in [1.807, 2.05) is 0 Å². The number of carbonyl (C=O) groups excluding carboxylic acids is 1. The van der Waals surface area contributed by atoms with Crippen molar-refractivity contribution in [1.29, 1.82) is 0 Å². The van der Waals surface area contributed by atoms with Crippen molar-refractivity contribution in [2.75, 3.05) is 26.7 Å². The number of thiocarbonyl (C=S) groups is 1. The number of hydrogen-bond donors (Lipinski definition) is 1. The number of carbonyl (C=O) groups is 1. The number of likely N-dealkylation sites (N-methyl/N-ethyl adjacent to an activating group) is 1. The van der Waals surface area contributed by atoms with Gasteiger partial charge in [0.25, 0.3) is 0 Å². The highest BCUT2D eigenvalue weighted by Gasteiger charge is 2.30. The lowest BCUT2D eigenvalue weighted by Gasteiger charge is -2.31. The van der Waals surface area contributed by atoms with Crippen molar-refractivity contribution < 1.29 is 13.2 Å². The molecule has 0 bridgehead atoms. The molecule has 2 rings (SSSR count). The first-order valence-electron chi connectivity index (χ1n) is 6.40. The molecule has 8 heteroatoms. The van der Waals surface area contributed by atoms with Crippen molar-refractivity contribution >= 4 is 33.1 Å². The van der Waals surface area contributed by atoms with E-state index in [2.05, 4.69) is 0 Å². The van der Waals surface area contributed by atoms with E-state index in [0.29, 0.717) is 24.2 Å². The van der Waals surface area contributed by atoms with E-state index in [4.69, 9.17) is 18.0 Å². The Bertz CT molecular complexity index is 656. The standard InChI is InChI=1S/C13H17N3O3S2/c1-15-6-7-16(8-12(15)17)21(18,19)9-10-2-4-11(5-3-10)13(14)20/h2-5H,6-9H2,1H3,(H2,14,20). The van der Waals surface area contributed by atoms with E-state index < -0.39 is 10.0 Å². The van der Waals surface area contributed by atoms with Crippen LogP contribution in [0.3, 0.4) is 0 Å². The van der Waals surface area contributed by atoms with Crippen molar-refractivity contribution in [2.24, 2.45) is 5.73 Å². The van der Waals surface area contributed by atoms with Gasteiger partial charge in [-0.05, 0) is 5.56 Å². The Morgan fingerprint density at radius 1 is 1.29 bits per heavy atom. The Labute approximate surface area is 129 Å². The molecule has 21 heavy (non-hydrogen) atoms. The van der Waals surface area contributed by atoms with Crippen LogP contribution in [-0.4, -0.2) is 55.2 Å². The van der Waals surface area contributed by atoms with Gasteiger partial charge in [0.2, 0.25) is 15.9 Å². The lowest BCUT2D eigenvalue weighted by Crippen LogP contribution is -2.50. The molecule has 0 atom stereocenters. The van der Waals surface area contributed by atoms with E-state index in [9.17, 15) is 13.2 Å². The van der Waals surface area contributed by atoms with Gasteiger partial charge in [-0.25, -0.2) is 8.42 Å². The van der Waals surface area contributed by atoms with Crippen LogP contribution in [0.1, 0.15) is 11.1 Å². The van der Waals surface area contributed by atoms with Crippen molar-refractivity contribution in [2.45, 2.75) is 5.75 Å². The highest BCUT2D eigenvalue weighted by molar-refractivity contribution is 7.88. The van der Waals surface area contributed by atoms with E-state index >= 15 is 0 Å². The molecule has 1 fully saturated rings. The minimum Gasteiger partial charge on any atom is -0.389 e. The van der Waals surface area contributed by atoms with Crippen LogP contribution in [0.25, 0.3) is 0 Å². The average Bonchev–Trinajstić information content (AvgIpc) is 2.42. The van der Waals surface area contributed by atoms with Gasteiger partial charge in [0.1, 0.15) is 4.99 Å². The normalized spacial score (nSPS) is 17.0. The topological polar surface area (TPSA) is 83.7 Å². The Kier molecular flexibility index (Phi) is 4.60. The van der Waals surface area contributed by atoms with Crippen molar-refractivity contribution in [3.8, 4) is 0 Å². The Morgan fingerprint density at radius 3 is 2.43 bits per heavy atom. The van der Waals surface area contributed by atoms with E-state index in [-0.39, 0.29) is 23.2 Å². The fraction of sp³-hybridized carbons (Fsp3) is 0.385. The van der Waals surface area contributed by atoms with Crippen LogP contribution in [0.4, 0.5) is 0 Å². The second-order valence-electron chi connectivity index (χ2n) is 4.97. The van der Waals surface area contributed by atoms with Crippen LogP contribution in [0.15, 0.2) is 24.3 Å². The van der Waals surface area contributed by atoms with Gasteiger partial charge >= 0.3 is 0 Å². The lowest BCUT2D eigenvalue weighted by atomic mass is 10.1. The van der Waals surface area contributed by atoms with Gasteiger partial charge in [0, 0.05) is 25.7 Å². The number of sulfonamides is 1. The largest absolute Gasteiger partial charge is 0.389 e. The highest BCUT2D eigenvalue weighted by atomic mass is 32.2. The summed E-state index contributed by atoms with van der Waals surface area (Å²) in [5, 5.41) is 0. The summed E-state index contributed by atoms with van der Waals surface area (Å²) in [7, 11) is -1.84. The molecule has 0 aliphatic carbocycles. The van der Waals surface area contributed by atoms with Gasteiger partial charge in [0.05, 0.1) is 12.3 Å². The fourth-order valence-electron chi connectivity index (χ4n) is 2.04. The predicted molar refractivity (Wildman–Crippen MR) is 84.2 cm³/mol. The first kappa shape index (κ1) is 15.9. The summed E-state index contributed by atoms with van der Waals surface area (Å²) in [6.45, 7) is 0.651. The average molecular weight is 327 g/mol. The molecular weight excluding hydrogens is 310 g/mol. The third-order valence-corrected chi connectivity index (χ3v) is 5.44. The first-order valence-corrected chi connectivity index (χ1v) is 8.42. The fourth-order valence-corrected chi connectivity index (χ4v) is 3.64. The van der Waals surface area contributed by atoms with Gasteiger partial charge in [-0.3, -0.25) is 4.79 Å². The number of hydrogen-bond acceptors (Lipinski definition) is 4. The maximum Gasteiger partial charge on any atom is 0.237 e. The molecule has 0 unspecified atom stereocenters. The van der Waals surface area contributed by atoms with Crippen LogP contribution in [0.2, 0.25) is 0 Å². The summed E-state index contributed by atoms with van der Waals surface area (Å²) in [6, 6.07) is 6.76. The Hall–Kier alpha value is -1.51. The number of amides is 1. The molecule has 0 aromatic heterocycles. The van der Waals surface area contributed by atoms with Gasteiger partial charge < -0.3 is 10.6 Å². The van der Waals surface area contributed by atoms with E-state index in [1.165, 1.54) is 9.21 Å². The van der Waals surface area contributed by atoms with Crippen LogP contribution < -0.4 is 5.73 Å². The van der Waals surface area contributed by atoms with Gasteiger partial charge in [-0.15, -0.1) is 0 Å². The molecule has 2 N–H and O–H groups in total. The molecule has 1 aromatic rings. The number of nitrogens with zero attached hydrogens (tertiary/aromatic N) is 2. The number of rotatable bonds is 4. The lowest BCUT2D eigenvalue weighted by molar-refractivity contribution is -0.132. The van der Waals surface area contributed by atoms with Crippen molar-refractivity contribution in [3.63, 3.8) is 0 Å². The third kappa shape index (κ3) is 3.78. The van der Waals surface area contributed by atoms with Gasteiger partial charge in [-0.1, -0.05) is 36.5 Å². The van der Waals surface area contributed by atoms with Gasteiger partial charge in [0.15, 0.2) is 0 Å². The van der Waals surface area contributed by atoms with Gasteiger partial charge in [-0.2, -0.15) is 4.31 Å². The minimum atomic E-state index is -3.50. The Balaban J connectivity index is 2.10.